The van der Waals surface area contributed by atoms with Gasteiger partial charge in [-0.05, 0) is 73.5 Å². The van der Waals surface area contributed by atoms with E-state index in [0.29, 0.717) is 32.6 Å². The van der Waals surface area contributed by atoms with E-state index >= 15 is 0 Å². The van der Waals surface area contributed by atoms with Crippen molar-refractivity contribution in [2.45, 2.75) is 20.3 Å². The molecular weight excluding hydrogens is 407 g/mol. The Balaban J connectivity index is 1.56. The second-order valence-corrected chi connectivity index (χ2v) is 7.80. The number of Topliss-reactive ketones (excluding diaryl/α,β-unsaturated/α-hetero) is 1. The number of carbonyl (C=O) groups excluding carboxylic acids is 1. The number of imidazole rings is 1. The van der Waals surface area contributed by atoms with Crippen molar-refractivity contribution in [1.82, 2.24) is 9.97 Å². The molecule has 0 spiro atoms. The maximum atomic E-state index is 13.0. The number of carbonyl (C=O) groups is 1. The number of rotatable bonds is 5. The largest absolute Gasteiger partial charge is 0.456 e. The molecule has 0 radical (unpaired) electrons. The summed E-state index contributed by atoms with van der Waals surface area (Å²) in [6, 6.07) is 16.3. The summed E-state index contributed by atoms with van der Waals surface area (Å²) in [6.45, 7) is 3.84. The van der Waals surface area contributed by atoms with Crippen LogP contribution in [0.15, 0.2) is 54.6 Å². The molecular formula is C23H18Cl2N2O2. The third kappa shape index (κ3) is 4.29. The van der Waals surface area contributed by atoms with E-state index in [1.54, 1.807) is 36.4 Å². The summed E-state index contributed by atoms with van der Waals surface area (Å²) in [4.78, 5) is 20.6. The maximum absolute atomic E-state index is 13.0. The lowest BCUT2D eigenvalue weighted by molar-refractivity contribution is 0.0994. The minimum Gasteiger partial charge on any atom is -0.456 e. The van der Waals surface area contributed by atoms with Crippen LogP contribution in [-0.4, -0.2) is 15.8 Å². The first-order valence-corrected chi connectivity index (χ1v) is 9.86. The standard InChI is InChI=1S/C23H18Cl2N2O2/c1-13-9-18(23-20(10-13)26-14(2)27-23)21(28)12-15-3-8-22(19(25)11-15)29-17-6-4-16(24)5-7-17/h3-11H,12H2,1-2H3,(H,26,27). The van der Waals surface area contributed by atoms with Gasteiger partial charge < -0.3 is 9.72 Å². The van der Waals surface area contributed by atoms with Crippen molar-refractivity contribution in [2.24, 2.45) is 0 Å². The number of benzene rings is 3. The second kappa shape index (κ2) is 7.90. The average Bonchev–Trinajstić information content (AvgIpc) is 3.04. The van der Waals surface area contributed by atoms with Crippen LogP contribution >= 0.6 is 23.2 Å². The zero-order chi connectivity index (χ0) is 20.5. The lowest BCUT2D eigenvalue weighted by atomic mass is 10.00. The summed E-state index contributed by atoms with van der Waals surface area (Å²) in [5, 5.41) is 1.07. The molecule has 1 N–H and O–H groups in total. The summed E-state index contributed by atoms with van der Waals surface area (Å²) in [5.41, 5.74) is 4.00. The molecule has 146 valence electrons. The molecule has 1 heterocycles. The van der Waals surface area contributed by atoms with Gasteiger partial charge in [-0.3, -0.25) is 4.79 Å². The van der Waals surface area contributed by atoms with Gasteiger partial charge in [-0.15, -0.1) is 0 Å². The molecule has 0 saturated carbocycles. The van der Waals surface area contributed by atoms with E-state index < -0.39 is 0 Å². The van der Waals surface area contributed by atoms with E-state index in [0.717, 1.165) is 22.5 Å². The number of hydrogen-bond donors (Lipinski definition) is 1. The Labute approximate surface area is 178 Å². The molecule has 0 aliphatic heterocycles. The Hall–Kier alpha value is -2.82. The number of aromatic nitrogens is 2. The number of ether oxygens (including phenoxy) is 1. The summed E-state index contributed by atoms with van der Waals surface area (Å²) in [7, 11) is 0. The smallest absolute Gasteiger partial charge is 0.169 e. The van der Waals surface area contributed by atoms with Gasteiger partial charge in [0.15, 0.2) is 5.78 Å². The van der Waals surface area contributed by atoms with E-state index in [1.807, 2.05) is 32.0 Å². The van der Waals surface area contributed by atoms with Crippen molar-refractivity contribution < 1.29 is 9.53 Å². The SMILES string of the molecule is Cc1cc(C(=O)Cc2ccc(Oc3ccc(Cl)cc3)c(Cl)c2)c2nc(C)[nH]c2c1. The van der Waals surface area contributed by atoms with Crippen molar-refractivity contribution in [1.29, 1.82) is 0 Å². The molecule has 0 fully saturated rings. The Morgan fingerprint density at radius 2 is 1.79 bits per heavy atom. The molecule has 29 heavy (non-hydrogen) atoms. The Bertz CT molecular complexity index is 1210. The highest BCUT2D eigenvalue weighted by Crippen LogP contribution is 2.31. The first-order chi connectivity index (χ1) is 13.9. The first-order valence-electron chi connectivity index (χ1n) is 9.11. The molecule has 0 atom stereocenters. The van der Waals surface area contributed by atoms with Crippen LogP contribution in [0.25, 0.3) is 11.0 Å². The topological polar surface area (TPSA) is 55.0 Å². The number of nitrogens with one attached hydrogen (secondary N) is 1. The number of ketones is 1. The number of nitrogens with zero attached hydrogens (tertiary/aromatic N) is 1. The summed E-state index contributed by atoms with van der Waals surface area (Å²) < 4.78 is 5.80. The molecule has 0 aliphatic rings. The van der Waals surface area contributed by atoms with Gasteiger partial charge in [0, 0.05) is 17.0 Å². The molecule has 0 saturated heterocycles. The summed E-state index contributed by atoms with van der Waals surface area (Å²) in [5.74, 6) is 1.93. The van der Waals surface area contributed by atoms with Crippen LogP contribution in [0.2, 0.25) is 10.0 Å². The third-order valence-corrected chi connectivity index (χ3v) is 5.10. The molecule has 4 rings (SSSR count). The Kier molecular flexibility index (Phi) is 5.31. The van der Waals surface area contributed by atoms with E-state index in [-0.39, 0.29) is 12.2 Å². The van der Waals surface area contributed by atoms with Gasteiger partial charge in [-0.1, -0.05) is 29.3 Å². The number of aryl methyl sites for hydroxylation is 2. The number of halogens is 2. The number of hydrogen-bond acceptors (Lipinski definition) is 3. The first kappa shape index (κ1) is 19.5. The average molecular weight is 425 g/mol. The molecule has 1 aromatic heterocycles. The molecule has 3 aromatic carbocycles. The summed E-state index contributed by atoms with van der Waals surface area (Å²) >= 11 is 12.3. The fraction of sp³-hybridized carbons (Fsp3) is 0.130. The van der Waals surface area contributed by atoms with Crippen molar-refractivity contribution in [3.05, 3.63) is 87.2 Å². The van der Waals surface area contributed by atoms with Gasteiger partial charge in [0.05, 0.1) is 16.1 Å². The molecule has 0 unspecified atom stereocenters. The minimum atomic E-state index is -0.00682. The Morgan fingerprint density at radius 1 is 1.03 bits per heavy atom. The predicted octanol–water partition coefficient (Wildman–Crippen LogP) is 6.70. The van der Waals surface area contributed by atoms with Crippen LogP contribution in [0.4, 0.5) is 0 Å². The normalized spacial score (nSPS) is 11.0. The van der Waals surface area contributed by atoms with Crippen LogP contribution in [0.1, 0.15) is 27.3 Å². The van der Waals surface area contributed by atoms with E-state index in [9.17, 15) is 4.79 Å². The van der Waals surface area contributed by atoms with Gasteiger partial charge in [-0.25, -0.2) is 4.98 Å². The number of aromatic amines is 1. The van der Waals surface area contributed by atoms with Crippen LogP contribution in [-0.2, 0) is 6.42 Å². The molecule has 4 aromatic rings. The molecule has 0 bridgehead atoms. The quantitative estimate of drug-likeness (QED) is 0.362. The number of H-pyrrole nitrogens is 1. The zero-order valence-electron chi connectivity index (χ0n) is 15.9. The van der Waals surface area contributed by atoms with E-state index in [1.165, 1.54) is 0 Å². The van der Waals surface area contributed by atoms with Gasteiger partial charge in [0.2, 0.25) is 0 Å². The highest BCUT2D eigenvalue weighted by atomic mass is 35.5. The Morgan fingerprint density at radius 3 is 2.52 bits per heavy atom. The lowest BCUT2D eigenvalue weighted by Gasteiger charge is -2.10. The number of fused-ring (bicyclic) bond motifs is 1. The monoisotopic (exact) mass is 424 g/mol. The van der Waals surface area contributed by atoms with Crippen LogP contribution in [0.3, 0.4) is 0 Å². The van der Waals surface area contributed by atoms with Crippen molar-refractivity contribution in [3.8, 4) is 11.5 Å². The molecule has 4 nitrogen and oxygen atoms in total. The lowest BCUT2D eigenvalue weighted by Crippen LogP contribution is -2.05. The second-order valence-electron chi connectivity index (χ2n) is 6.95. The molecule has 6 heteroatoms. The summed E-state index contributed by atoms with van der Waals surface area (Å²) in [6.07, 6.45) is 0.228. The van der Waals surface area contributed by atoms with Crippen molar-refractivity contribution >= 4 is 40.0 Å². The predicted molar refractivity (Wildman–Crippen MR) is 117 cm³/mol. The zero-order valence-corrected chi connectivity index (χ0v) is 17.4. The van der Waals surface area contributed by atoms with Gasteiger partial charge >= 0.3 is 0 Å². The van der Waals surface area contributed by atoms with Crippen LogP contribution in [0.5, 0.6) is 11.5 Å². The minimum absolute atomic E-state index is 0.00682. The highest BCUT2D eigenvalue weighted by molar-refractivity contribution is 6.32. The van der Waals surface area contributed by atoms with E-state index in [2.05, 4.69) is 9.97 Å². The third-order valence-electron chi connectivity index (χ3n) is 4.55. The highest BCUT2D eigenvalue weighted by Gasteiger charge is 2.16. The molecule has 0 amide bonds. The van der Waals surface area contributed by atoms with Crippen molar-refractivity contribution in [2.75, 3.05) is 0 Å². The molecule has 0 aliphatic carbocycles. The van der Waals surface area contributed by atoms with Crippen molar-refractivity contribution in [3.63, 3.8) is 0 Å². The van der Waals surface area contributed by atoms with Gasteiger partial charge in [-0.2, -0.15) is 0 Å². The van der Waals surface area contributed by atoms with Crippen LogP contribution in [0, 0.1) is 13.8 Å². The fourth-order valence-electron chi connectivity index (χ4n) is 3.24. The van der Waals surface area contributed by atoms with E-state index in [4.69, 9.17) is 27.9 Å². The maximum Gasteiger partial charge on any atom is 0.169 e. The van der Waals surface area contributed by atoms with Crippen LogP contribution < -0.4 is 4.74 Å². The van der Waals surface area contributed by atoms with Gasteiger partial charge in [0.1, 0.15) is 17.3 Å². The van der Waals surface area contributed by atoms with Gasteiger partial charge in [0.25, 0.3) is 0 Å². The fourth-order valence-corrected chi connectivity index (χ4v) is 3.61.